The molecule has 7 nitrogen and oxygen atoms in total. The van der Waals surface area contributed by atoms with Gasteiger partial charge in [0.05, 0.1) is 0 Å². The molecule has 0 N–H and O–H groups in total. The molecule has 4 rings (SSSR count). The maximum absolute atomic E-state index is 12.3. The normalized spacial score (nSPS) is 39.7. The Bertz CT molecular complexity index is 988. The zero-order chi connectivity index (χ0) is 24.9. The molecule has 4 aliphatic rings. The molecule has 192 valence electrons. The molecular weight excluding hydrogens is 479 g/mol. The number of carbonyl (C=O) groups is 1. The van der Waals surface area contributed by atoms with E-state index >= 15 is 0 Å². The van der Waals surface area contributed by atoms with Crippen LogP contribution < -0.4 is 29.6 Å². The Morgan fingerprint density at radius 2 is 1.83 bits per heavy atom. The predicted octanol–water partition coefficient (Wildman–Crippen LogP) is 2.25. The van der Waals surface area contributed by atoms with Crippen molar-refractivity contribution < 1.29 is 61.0 Å². The number of methoxy groups -OCH3 is 1. The van der Waals surface area contributed by atoms with Crippen molar-refractivity contribution in [2.75, 3.05) is 7.11 Å². The second-order valence-corrected chi connectivity index (χ2v) is 13.0. The standard InChI is InChI=1S/C26H40O7S.Na/c1-24(2)12-6-13-26(4)20(24)11-14-25(3)19(9-7-17-15-22(31-5)33-23(17)27)18(8-10-21(25)26)16-32-34(28,29)30;/h15-16,19-22H,6-14H2,1-5H3,(H,28,29,30);/q;+1/p-1/b18-16+;/t19-,20-,21-,22+,25+,26-;/m0./s1. The van der Waals surface area contributed by atoms with Gasteiger partial charge < -0.3 is 18.2 Å². The minimum absolute atomic E-state index is 0. The van der Waals surface area contributed by atoms with Crippen LogP contribution in [0.15, 0.2) is 23.5 Å². The average molecular weight is 519 g/mol. The van der Waals surface area contributed by atoms with Crippen LogP contribution in [0.2, 0.25) is 0 Å². The Balaban J connectivity index is 0.00000342. The molecular formula is C26H39NaO7S. The summed E-state index contributed by atoms with van der Waals surface area (Å²) in [5, 5.41) is 0. The van der Waals surface area contributed by atoms with Crippen molar-refractivity contribution in [2.24, 2.45) is 34.0 Å². The molecule has 0 bridgehead atoms. The number of fused-ring (bicyclic) bond motifs is 3. The summed E-state index contributed by atoms with van der Waals surface area (Å²) in [7, 11) is -3.32. The van der Waals surface area contributed by atoms with Gasteiger partial charge in [0.15, 0.2) is 0 Å². The third-order valence-electron chi connectivity index (χ3n) is 9.88. The third-order valence-corrected chi connectivity index (χ3v) is 10.2. The first-order chi connectivity index (χ1) is 15.8. The van der Waals surface area contributed by atoms with Gasteiger partial charge in [0, 0.05) is 12.7 Å². The van der Waals surface area contributed by atoms with Gasteiger partial charge >= 0.3 is 35.5 Å². The molecule has 35 heavy (non-hydrogen) atoms. The van der Waals surface area contributed by atoms with E-state index < -0.39 is 16.7 Å². The SMILES string of the molecule is CO[C@H]1C=C(CC[C@H]2/C(=C/OS(=O)(=O)[O-])CC[C@H]3[C@]2(C)CC[C@H]2C(C)(C)CCC[C@]32C)C(=O)O1.[Na+]. The maximum atomic E-state index is 12.3. The van der Waals surface area contributed by atoms with Crippen LogP contribution in [0.25, 0.3) is 0 Å². The van der Waals surface area contributed by atoms with Crippen molar-refractivity contribution in [1.82, 2.24) is 0 Å². The van der Waals surface area contributed by atoms with Gasteiger partial charge in [-0.25, -0.2) is 13.2 Å². The largest absolute Gasteiger partial charge is 1.00 e. The van der Waals surface area contributed by atoms with Crippen molar-refractivity contribution in [3.05, 3.63) is 23.5 Å². The fraction of sp³-hybridized carbons (Fsp3) is 0.808. The van der Waals surface area contributed by atoms with Crippen LogP contribution in [-0.2, 0) is 28.9 Å². The summed E-state index contributed by atoms with van der Waals surface area (Å²) in [6.45, 7) is 9.65. The van der Waals surface area contributed by atoms with Gasteiger partial charge in [-0.15, -0.1) is 0 Å². The van der Waals surface area contributed by atoms with E-state index in [-0.39, 0.29) is 52.3 Å². The number of allylic oxidation sites excluding steroid dienone is 1. The summed E-state index contributed by atoms with van der Waals surface area (Å²) in [5.41, 5.74) is 1.92. The fourth-order valence-electron chi connectivity index (χ4n) is 8.50. The zero-order valence-corrected chi connectivity index (χ0v) is 24.9. The molecule has 1 heterocycles. The Labute approximate surface area is 232 Å². The van der Waals surface area contributed by atoms with E-state index in [1.54, 1.807) is 6.08 Å². The number of rotatable bonds is 6. The van der Waals surface area contributed by atoms with Crippen LogP contribution >= 0.6 is 0 Å². The van der Waals surface area contributed by atoms with Crippen molar-refractivity contribution in [3.63, 3.8) is 0 Å². The first kappa shape index (κ1) is 29.2. The van der Waals surface area contributed by atoms with Gasteiger partial charge in [0.2, 0.25) is 6.29 Å². The molecule has 0 radical (unpaired) electrons. The van der Waals surface area contributed by atoms with Crippen LogP contribution in [0.3, 0.4) is 0 Å². The van der Waals surface area contributed by atoms with E-state index in [0.717, 1.165) is 24.8 Å². The number of cyclic esters (lactones) is 1. The molecule has 1 aliphatic heterocycles. The van der Waals surface area contributed by atoms with Crippen molar-refractivity contribution >= 4 is 16.4 Å². The summed E-state index contributed by atoms with van der Waals surface area (Å²) in [6, 6.07) is 0. The van der Waals surface area contributed by atoms with Gasteiger partial charge in [-0.1, -0.05) is 34.1 Å². The van der Waals surface area contributed by atoms with Gasteiger partial charge in [0.1, 0.15) is 6.26 Å². The molecule has 9 heteroatoms. The first-order valence-electron chi connectivity index (χ1n) is 12.6. The van der Waals surface area contributed by atoms with E-state index in [0.29, 0.717) is 42.1 Å². The molecule has 0 aromatic rings. The van der Waals surface area contributed by atoms with Gasteiger partial charge in [-0.2, -0.15) is 0 Å². The average Bonchev–Trinajstić information content (AvgIpc) is 3.09. The molecule has 3 saturated carbocycles. The molecule has 3 fully saturated rings. The van der Waals surface area contributed by atoms with Crippen LogP contribution in [0, 0.1) is 34.0 Å². The van der Waals surface area contributed by atoms with E-state index in [1.807, 2.05) is 0 Å². The number of carbonyl (C=O) groups excluding carboxylic acids is 1. The van der Waals surface area contributed by atoms with Gasteiger partial charge in [-0.05, 0) is 97.0 Å². The monoisotopic (exact) mass is 518 g/mol. The van der Waals surface area contributed by atoms with Crippen LogP contribution in [0.1, 0.15) is 85.5 Å². The van der Waals surface area contributed by atoms with Crippen molar-refractivity contribution in [3.8, 4) is 0 Å². The van der Waals surface area contributed by atoms with Crippen LogP contribution in [0.4, 0.5) is 0 Å². The van der Waals surface area contributed by atoms with Crippen molar-refractivity contribution in [2.45, 2.75) is 91.8 Å². The molecule has 3 aliphatic carbocycles. The van der Waals surface area contributed by atoms with Gasteiger partial charge in [0.25, 0.3) is 10.4 Å². The van der Waals surface area contributed by atoms with E-state index in [2.05, 4.69) is 31.9 Å². The molecule has 0 spiro atoms. The predicted molar refractivity (Wildman–Crippen MR) is 126 cm³/mol. The molecule has 0 amide bonds. The topological polar surface area (TPSA) is 102 Å². The summed E-state index contributed by atoms with van der Waals surface area (Å²) in [6.07, 6.45) is 11.0. The van der Waals surface area contributed by atoms with Crippen molar-refractivity contribution in [1.29, 1.82) is 0 Å². The second-order valence-electron chi connectivity index (χ2n) is 12.0. The quantitative estimate of drug-likeness (QED) is 0.175. The molecule has 0 saturated heterocycles. The minimum atomic E-state index is -4.82. The number of hydrogen-bond acceptors (Lipinski definition) is 7. The van der Waals surface area contributed by atoms with Gasteiger partial charge in [-0.3, -0.25) is 0 Å². The minimum Gasteiger partial charge on any atom is -0.716 e. The third kappa shape index (κ3) is 5.58. The Hall–Kier alpha value is -0.380. The Morgan fingerprint density at radius 3 is 2.46 bits per heavy atom. The number of esters is 1. The molecule has 0 aromatic heterocycles. The first-order valence-corrected chi connectivity index (χ1v) is 13.9. The van der Waals surface area contributed by atoms with E-state index in [4.69, 9.17) is 9.47 Å². The number of hydrogen-bond donors (Lipinski definition) is 0. The maximum Gasteiger partial charge on any atom is 1.00 e. The summed E-state index contributed by atoms with van der Waals surface area (Å²) < 4.78 is 48.7. The zero-order valence-electron chi connectivity index (χ0n) is 22.1. The molecule has 0 aromatic carbocycles. The Morgan fingerprint density at radius 1 is 1.11 bits per heavy atom. The van der Waals surface area contributed by atoms with E-state index in [9.17, 15) is 17.8 Å². The summed E-state index contributed by atoms with van der Waals surface area (Å²) in [5.74, 6) is 0.802. The number of ether oxygens (including phenoxy) is 2. The smallest absolute Gasteiger partial charge is 0.716 e. The summed E-state index contributed by atoms with van der Waals surface area (Å²) in [4.78, 5) is 12.3. The molecule has 0 unspecified atom stereocenters. The van der Waals surface area contributed by atoms with E-state index in [1.165, 1.54) is 32.6 Å². The molecule has 6 atom stereocenters. The van der Waals surface area contributed by atoms with Crippen LogP contribution in [0.5, 0.6) is 0 Å². The Kier molecular flexibility index (Phi) is 8.68. The fourth-order valence-corrected chi connectivity index (χ4v) is 8.74. The summed E-state index contributed by atoms with van der Waals surface area (Å²) >= 11 is 0. The van der Waals surface area contributed by atoms with Crippen LogP contribution in [-0.4, -0.2) is 32.3 Å². The second kappa shape index (κ2) is 10.4.